The molecule has 102 valence electrons. The lowest BCUT2D eigenvalue weighted by Gasteiger charge is -2.24. The van der Waals surface area contributed by atoms with Crippen molar-refractivity contribution in [3.05, 3.63) is 28.0 Å². The number of fused-ring (bicyclic) bond motifs is 1. The smallest absolute Gasteiger partial charge is 0.395 e. The Kier molecular flexibility index (Phi) is 2.98. The molecule has 0 aliphatic carbocycles. The van der Waals surface area contributed by atoms with Gasteiger partial charge in [-0.05, 0) is 31.4 Å². The van der Waals surface area contributed by atoms with Crippen LogP contribution >= 0.6 is 0 Å². The molecule has 0 unspecified atom stereocenters. The topological polar surface area (TPSA) is 88.6 Å². The number of piperidine rings is 1. The van der Waals surface area contributed by atoms with Gasteiger partial charge >= 0.3 is 5.88 Å². The molecule has 1 N–H and O–H groups in total. The van der Waals surface area contributed by atoms with Gasteiger partial charge in [-0.2, -0.15) is 0 Å². The molecule has 0 spiro atoms. The first kappa shape index (κ1) is 12.2. The third-order valence-corrected chi connectivity index (χ3v) is 3.87. The van der Waals surface area contributed by atoms with Crippen LogP contribution in [0.15, 0.2) is 16.5 Å². The Balaban J connectivity index is 1.71. The fraction of sp³-hybridized carbons (Fsp3) is 0.583. The second kappa shape index (κ2) is 4.65. The van der Waals surface area contributed by atoms with E-state index >= 15 is 0 Å². The molecule has 0 bridgehead atoms. The van der Waals surface area contributed by atoms with Crippen LogP contribution in [0.2, 0.25) is 0 Å². The summed E-state index contributed by atoms with van der Waals surface area (Å²) in [4.78, 5) is 23.8. The Morgan fingerprint density at radius 3 is 3.00 bits per heavy atom. The average Bonchev–Trinajstić information content (AvgIpc) is 3.04. The van der Waals surface area contributed by atoms with Gasteiger partial charge in [-0.15, -0.1) is 0 Å². The van der Waals surface area contributed by atoms with Gasteiger partial charge in [0.05, 0.1) is 6.07 Å². The minimum Gasteiger partial charge on any atom is -0.395 e. The Morgan fingerprint density at radius 2 is 2.32 bits per heavy atom. The second-order valence-electron chi connectivity index (χ2n) is 5.07. The van der Waals surface area contributed by atoms with Crippen molar-refractivity contribution in [3.8, 4) is 0 Å². The van der Waals surface area contributed by atoms with Crippen molar-refractivity contribution in [2.45, 2.75) is 18.9 Å². The van der Waals surface area contributed by atoms with Gasteiger partial charge < -0.3 is 14.6 Å². The van der Waals surface area contributed by atoms with E-state index in [-0.39, 0.29) is 11.7 Å². The molecule has 19 heavy (non-hydrogen) atoms. The van der Waals surface area contributed by atoms with Crippen LogP contribution in [0, 0.1) is 16.0 Å². The van der Waals surface area contributed by atoms with Gasteiger partial charge in [0.2, 0.25) is 0 Å². The molecule has 2 aliphatic heterocycles. The van der Waals surface area contributed by atoms with Crippen LogP contribution in [0.1, 0.15) is 23.4 Å². The van der Waals surface area contributed by atoms with Gasteiger partial charge in [0.25, 0.3) is 5.91 Å². The van der Waals surface area contributed by atoms with Crippen LogP contribution in [-0.2, 0) is 0 Å². The van der Waals surface area contributed by atoms with E-state index < -0.39 is 10.8 Å². The minimum absolute atomic E-state index is 0.0466. The molecule has 0 aromatic carbocycles. The Morgan fingerprint density at radius 1 is 1.47 bits per heavy atom. The van der Waals surface area contributed by atoms with Gasteiger partial charge in [-0.3, -0.25) is 14.9 Å². The van der Waals surface area contributed by atoms with Crippen molar-refractivity contribution in [2.75, 3.05) is 19.6 Å². The predicted molar refractivity (Wildman–Crippen MR) is 65.8 cm³/mol. The largest absolute Gasteiger partial charge is 0.433 e. The summed E-state index contributed by atoms with van der Waals surface area (Å²) in [7, 11) is 0. The summed E-state index contributed by atoms with van der Waals surface area (Å²) in [5.41, 5.74) is 0. The molecule has 7 heteroatoms. The van der Waals surface area contributed by atoms with E-state index in [0.29, 0.717) is 25.0 Å². The number of nitrogens with zero attached hydrogens (tertiary/aromatic N) is 2. The number of carbonyl (C=O) groups is 1. The number of furan rings is 1. The molecule has 7 nitrogen and oxygen atoms in total. The molecule has 3 rings (SSSR count). The quantitative estimate of drug-likeness (QED) is 0.637. The molecule has 2 aliphatic rings. The van der Waals surface area contributed by atoms with Crippen LogP contribution in [0.25, 0.3) is 0 Å². The standard InChI is InChI=1S/C12H15N3O4/c16-12(10-3-4-11(19-10)15(17)18)14-6-8-2-1-5-13-9(8)7-14/h3-4,8-9,13H,1-2,5-7H2/t8-,9+/m0/s1. The lowest BCUT2D eigenvalue weighted by atomic mass is 9.94. The highest BCUT2D eigenvalue weighted by Gasteiger charge is 2.37. The van der Waals surface area contributed by atoms with E-state index in [4.69, 9.17) is 4.42 Å². The second-order valence-corrected chi connectivity index (χ2v) is 5.07. The molecule has 1 amide bonds. The first-order valence-corrected chi connectivity index (χ1v) is 6.42. The fourth-order valence-corrected chi connectivity index (χ4v) is 2.91. The maximum atomic E-state index is 12.2. The summed E-state index contributed by atoms with van der Waals surface area (Å²) in [5.74, 6) is -0.115. The Bertz CT molecular complexity index is 499. The number of nitro groups is 1. The van der Waals surface area contributed by atoms with Crippen molar-refractivity contribution in [1.82, 2.24) is 10.2 Å². The van der Waals surface area contributed by atoms with Crippen LogP contribution in [0.4, 0.5) is 5.88 Å². The van der Waals surface area contributed by atoms with Gasteiger partial charge in [0.15, 0.2) is 5.76 Å². The number of amides is 1. The molecular formula is C12H15N3O4. The van der Waals surface area contributed by atoms with Gasteiger partial charge in [-0.1, -0.05) is 0 Å². The summed E-state index contributed by atoms with van der Waals surface area (Å²) < 4.78 is 4.96. The Labute approximate surface area is 109 Å². The summed E-state index contributed by atoms with van der Waals surface area (Å²) in [6.07, 6.45) is 2.26. The SMILES string of the molecule is O=C(c1ccc([N+](=O)[O-])o1)N1C[C@@H]2CCCN[C@@H]2C1. The zero-order valence-electron chi connectivity index (χ0n) is 10.4. The summed E-state index contributed by atoms with van der Waals surface area (Å²) >= 11 is 0. The lowest BCUT2D eigenvalue weighted by Crippen LogP contribution is -2.41. The van der Waals surface area contributed by atoms with Gasteiger partial charge in [-0.25, -0.2) is 0 Å². The van der Waals surface area contributed by atoms with Crippen molar-refractivity contribution in [3.63, 3.8) is 0 Å². The third kappa shape index (κ3) is 2.21. The molecule has 1 aromatic rings. The molecule has 2 saturated heterocycles. The molecule has 2 fully saturated rings. The zero-order valence-corrected chi connectivity index (χ0v) is 10.4. The molecule has 1 aromatic heterocycles. The lowest BCUT2D eigenvalue weighted by molar-refractivity contribution is -0.402. The van der Waals surface area contributed by atoms with E-state index in [1.165, 1.54) is 12.1 Å². The van der Waals surface area contributed by atoms with Crippen molar-refractivity contribution in [2.24, 2.45) is 5.92 Å². The number of likely N-dealkylation sites (tertiary alicyclic amines) is 1. The van der Waals surface area contributed by atoms with E-state index in [1.807, 2.05) is 0 Å². The molecule has 2 atom stereocenters. The maximum absolute atomic E-state index is 12.2. The van der Waals surface area contributed by atoms with E-state index in [9.17, 15) is 14.9 Å². The number of nitrogens with one attached hydrogen (secondary N) is 1. The summed E-state index contributed by atoms with van der Waals surface area (Å²) in [6.45, 7) is 2.35. The number of hydrogen-bond donors (Lipinski definition) is 1. The highest BCUT2D eigenvalue weighted by molar-refractivity contribution is 5.92. The van der Waals surface area contributed by atoms with E-state index in [1.54, 1.807) is 4.90 Å². The monoisotopic (exact) mass is 265 g/mol. The average molecular weight is 265 g/mol. The predicted octanol–water partition coefficient (Wildman–Crippen LogP) is 1.01. The fourth-order valence-electron chi connectivity index (χ4n) is 2.91. The third-order valence-electron chi connectivity index (χ3n) is 3.87. The van der Waals surface area contributed by atoms with Crippen molar-refractivity contribution in [1.29, 1.82) is 0 Å². The normalized spacial score (nSPS) is 26.2. The minimum atomic E-state index is -0.637. The maximum Gasteiger partial charge on any atom is 0.433 e. The Hall–Kier alpha value is -1.89. The molecular weight excluding hydrogens is 250 g/mol. The number of hydrogen-bond acceptors (Lipinski definition) is 5. The summed E-state index contributed by atoms with van der Waals surface area (Å²) in [6, 6.07) is 2.94. The van der Waals surface area contributed by atoms with Crippen molar-refractivity contribution >= 4 is 11.8 Å². The number of carbonyl (C=O) groups excluding carboxylic acids is 1. The van der Waals surface area contributed by atoms with E-state index in [0.717, 1.165) is 19.4 Å². The van der Waals surface area contributed by atoms with Gasteiger partial charge in [0, 0.05) is 19.1 Å². The van der Waals surface area contributed by atoms with E-state index in [2.05, 4.69) is 5.32 Å². The van der Waals surface area contributed by atoms with Crippen LogP contribution in [0.3, 0.4) is 0 Å². The highest BCUT2D eigenvalue weighted by Crippen LogP contribution is 2.27. The van der Waals surface area contributed by atoms with Crippen LogP contribution in [-0.4, -0.2) is 41.4 Å². The van der Waals surface area contributed by atoms with Crippen LogP contribution in [0.5, 0.6) is 0 Å². The number of rotatable bonds is 2. The first-order valence-electron chi connectivity index (χ1n) is 6.42. The highest BCUT2D eigenvalue weighted by atomic mass is 16.6. The van der Waals surface area contributed by atoms with Crippen LogP contribution < -0.4 is 5.32 Å². The molecule has 0 saturated carbocycles. The zero-order chi connectivity index (χ0) is 13.4. The summed E-state index contributed by atoms with van der Waals surface area (Å²) in [5, 5.41) is 13.9. The first-order chi connectivity index (χ1) is 9.15. The molecule has 0 radical (unpaired) electrons. The van der Waals surface area contributed by atoms with Gasteiger partial charge in [0.1, 0.15) is 4.92 Å². The molecule has 3 heterocycles. The van der Waals surface area contributed by atoms with Crippen molar-refractivity contribution < 1.29 is 14.1 Å².